The Morgan fingerprint density at radius 3 is 2.39 bits per heavy atom. The summed E-state index contributed by atoms with van der Waals surface area (Å²) in [4.78, 5) is 3.97. The van der Waals surface area contributed by atoms with Crippen LogP contribution in [0.1, 0.15) is 37.7 Å². The average molecular weight is 247 g/mol. The molecule has 1 aliphatic carbocycles. The first-order chi connectivity index (χ1) is 8.74. The molecule has 0 aliphatic heterocycles. The van der Waals surface area contributed by atoms with Gasteiger partial charge in [0.05, 0.1) is 12.6 Å². The Balaban J connectivity index is 1.88. The molecule has 0 spiro atoms. The maximum atomic E-state index is 5.95. The smallest absolute Gasteiger partial charge is 0.186 e. The van der Waals surface area contributed by atoms with Crippen LogP contribution in [0, 0.1) is 0 Å². The van der Waals surface area contributed by atoms with Gasteiger partial charge in [0.15, 0.2) is 5.96 Å². The van der Waals surface area contributed by atoms with Gasteiger partial charge in [-0.3, -0.25) is 0 Å². The van der Waals surface area contributed by atoms with Gasteiger partial charge in [0, 0.05) is 0 Å². The Hall–Kier alpha value is -1.71. The standard InChI is InChI=1S/C14H21N3O/c15-14(16)17-10-11-6-8-13(9-7-11)18-12-4-2-1-3-5-12/h6-9,12H,1-5,10H2,(H4,15,16,17). The molecule has 4 heteroatoms. The van der Waals surface area contributed by atoms with Gasteiger partial charge in [-0.25, -0.2) is 4.99 Å². The highest BCUT2D eigenvalue weighted by atomic mass is 16.5. The number of ether oxygens (including phenoxy) is 1. The fraction of sp³-hybridized carbons (Fsp3) is 0.500. The molecule has 4 N–H and O–H groups in total. The molecule has 1 aromatic rings. The van der Waals surface area contributed by atoms with Crippen molar-refractivity contribution in [2.75, 3.05) is 0 Å². The molecule has 1 aromatic carbocycles. The predicted octanol–water partition coefficient (Wildman–Crippen LogP) is 2.17. The lowest BCUT2D eigenvalue weighted by molar-refractivity contribution is 0.155. The van der Waals surface area contributed by atoms with E-state index in [4.69, 9.17) is 16.2 Å². The topological polar surface area (TPSA) is 73.6 Å². The van der Waals surface area contributed by atoms with E-state index < -0.39 is 0 Å². The van der Waals surface area contributed by atoms with Crippen molar-refractivity contribution in [1.82, 2.24) is 0 Å². The molecular formula is C14H21N3O. The van der Waals surface area contributed by atoms with Gasteiger partial charge in [-0.15, -0.1) is 0 Å². The van der Waals surface area contributed by atoms with Crippen molar-refractivity contribution in [3.63, 3.8) is 0 Å². The minimum Gasteiger partial charge on any atom is -0.490 e. The van der Waals surface area contributed by atoms with Gasteiger partial charge < -0.3 is 16.2 Å². The maximum absolute atomic E-state index is 5.95. The summed E-state index contributed by atoms with van der Waals surface area (Å²) in [6.07, 6.45) is 6.66. The van der Waals surface area contributed by atoms with E-state index in [1.165, 1.54) is 32.1 Å². The third-order valence-corrected chi connectivity index (χ3v) is 3.22. The molecule has 0 saturated heterocycles. The predicted molar refractivity (Wildman–Crippen MR) is 73.5 cm³/mol. The Bertz CT molecular complexity index is 390. The molecule has 0 heterocycles. The van der Waals surface area contributed by atoms with Crippen LogP contribution in [0.2, 0.25) is 0 Å². The van der Waals surface area contributed by atoms with E-state index in [1.807, 2.05) is 24.3 Å². The number of guanidine groups is 1. The molecule has 4 nitrogen and oxygen atoms in total. The normalized spacial score (nSPS) is 16.2. The molecule has 0 radical (unpaired) electrons. The fourth-order valence-corrected chi connectivity index (χ4v) is 2.23. The Labute approximate surface area is 108 Å². The molecule has 2 rings (SSSR count). The molecule has 98 valence electrons. The first-order valence-electron chi connectivity index (χ1n) is 6.55. The summed E-state index contributed by atoms with van der Waals surface area (Å²) in [6.45, 7) is 0.520. The van der Waals surface area contributed by atoms with Gasteiger partial charge >= 0.3 is 0 Å². The largest absolute Gasteiger partial charge is 0.490 e. The highest BCUT2D eigenvalue weighted by Gasteiger charge is 2.14. The Kier molecular flexibility index (Phi) is 4.45. The van der Waals surface area contributed by atoms with Crippen molar-refractivity contribution in [2.24, 2.45) is 16.5 Å². The fourth-order valence-electron chi connectivity index (χ4n) is 2.23. The lowest BCUT2D eigenvalue weighted by Gasteiger charge is -2.23. The number of hydrogen-bond acceptors (Lipinski definition) is 2. The van der Waals surface area contributed by atoms with Crippen molar-refractivity contribution in [2.45, 2.75) is 44.8 Å². The van der Waals surface area contributed by atoms with Crippen LogP contribution in [0.25, 0.3) is 0 Å². The zero-order chi connectivity index (χ0) is 12.8. The summed E-state index contributed by atoms with van der Waals surface area (Å²) >= 11 is 0. The van der Waals surface area contributed by atoms with E-state index in [0.29, 0.717) is 12.6 Å². The highest BCUT2D eigenvalue weighted by molar-refractivity contribution is 5.75. The number of rotatable bonds is 4. The third kappa shape index (κ3) is 3.95. The van der Waals surface area contributed by atoms with Gasteiger partial charge in [0.2, 0.25) is 0 Å². The summed E-state index contributed by atoms with van der Waals surface area (Å²) in [7, 11) is 0. The molecule has 0 bridgehead atoms. The lowest BCUT2D eigenvalue weighted by Crippen LogP contribution is -2.22. The number of nitrogens with two attached hydrogens (primary N) is 2. The van der Waals surface area contributed by atoms with Crippen molar-refractivity contribution in [3.8, 4) is 5.75 Å². The molecule has 1 saturated carbocycles. The van der Waals surface area contributed by atoms with Crippen molar-refractivity contribution in [1.29, 1.82) is 0 Å². The zero-order valence-corrected chi connectivity index (χ0v) is 10.6. The SMILES string of the molecule is NC(N)=NCc1ccc(OC2CCCCC2)cc1. The van der Waals surface area contributed by atoms with Gasteiger partial charge in [-0.2, -0.15) is 0 Å². The summed E-state index contributed by atoms with van der Waals surface area (Å²) in [5.74, 6) is 1.06. The van der Waals surface area contributed by atoms with Gasteiger partial charge in [-0.05, 0) is 43.4 Å². The monoisotopic (exact) mass is 247 g/mol. The van der Waals surface area contributed by atoms with E-state index in [-0.39, 0.29) is 5.96 Å². The van der Waals surface area contributed by atoms with Crippen molar-refractivity contribution < 1.29 is 4.74 Å². The van der Waals surface area contributed by atoms with Crippen molar-refractivity contribution >= 4 is 5.96 Å². The van der Waals surface area contributed by atoms with Crippen LogP contribution < -0.4 is 16.2 Å². The third-order valence-electron chi connectivity index (χ3n) is 3.22. The molecule has 0 atom stereocenters. The second kappa shape index (κ2) is 6.28. The maximum Gasteiger partial charge on any atom is 0.186 e. The lowest BCUT2D eigenvalue weighted by atomic mass is 9.98. The minimum absolute atomic E-state index is 0.123. The number of nitrogens with zero attached hydrogens (tertiary/aromatic N) is 1. The molecule has 0 amide bonds. The summed E-state index contributed by atoms with van der Waals surface area (Å²) in [5.41, 5.74) is 11.7. The molecule has 1 aliphatic rings. The van der Waals surface area contributed by atoms with Crippen LogP contribution in [-0.2, 0) is 6.54 Å². The molecule has 1 fully saturated rings. The molecule has 0 unspecified atom stereocenters. The second-order valence-corrected chi connectivity index (χ2v) is 4.76. The van der Waals surface area contributed by atoms with E-state index >= 15 is 0 Å². The van der Waals surface area contributed by atoms with Crippen LogP contribution in [0.15, 0.2) is 29.3 Å². The quantitative estimate of drug-likeness (QED) is 0.632. The second-order valence-electron chi connectivity index (χ2n) is 4.76. The van der Waals surface area contributed by atoms with Crippen LogP contribution >= 0.6 is 0 Å². The van der Waals surface area contributed by atoms with Gasteiger partial charge in [0.25, 0.3) is 0 Å². The van der Waals surface area contributed by atoms with E-state index in [2.05, 4.69) is 4.99 Å². The molecule has 0 aromatic heterocycles. The molecule has 18 heavy (non-hydrogen) atoms. The zero-order valence-electron chi connectivity index (χ0n) is 10.6. The number of hydrogen-bond donors (Lipinski definition) is 2. The van der Waals surface area contributed by atoms with E-state index in [1.54, 1.807) is 0 Å². The number of aliphatic imine (C=N–C) groups is 1. The summed E-state index contributed by atoms with van der Waals surface area (Å²) in [6, 6.07) is 7.99. The first-order valence-corrected chi connectivity index (χ1v) is 6.55. The summed E-state index contributed by atoms with van der Waals surface area (Å²) in [5, 5.41) is 0. The molecular weight excluding hydrogens is 226 g/mol. The minimum atomic E-state index is 0.123. The number of benzene rings is 1. The van der Waals surface area contributed by atoms with Gasteiger partial charge in [0.1, 0.15) is 5.75 Å². The van der Waals surface area contributed by atoms with Crippen LogP contribution in [0.3, 0.4) is 0 Å². The van der Waals surface area contributed by atoms with Crippen LogP contribution in [-0.4, -0.2) is 12.1 Å². The Morgan fingerprint density at radius 1 is 1.11 bits per heavy atom. The Morgan fingerprint density at radius 2 is 1.78 bits per heavy atom. The van der Waals surface area contributed by atoms with E-state index in [0.717, 1.165) is 11.3 Å². The first kappa shape index (κ1) is 12.7. The highest BCUT2D eigenvalue weighted by Crippen LogP contribution is 2.23. The van der Waals surface area contributed by atoms with Gasteiger partial charge in [-0.1, -0.05) is 18.6 Å². The summed E-state index contributed by atoms with van der Waals surface area (Å²) < 4.78 is 5.95. The van der Waals surface area contributed by atoms with E-state index in [9.17, 15) is 0 Å². The van der Waals surface area contributed by atoms with Crippen LogP contribution in [0.5, 0.6) is 5.75 Å². The van der Waals surface area contributed by atoms with Crippen molar-refractivity contribution in [3.05, 3.63) is 29.8 Å². The average Bonchev–Trinajstić information content (AvgIpc) is 2.39. The van der Waals surface area contributed by atoms with Crippen LogP contribution in [0.4, 0.5) is 0 Å².